The van der Waals surface area contributed by atoms with Crippen molar-refractivity contribution in [1.29, 1.82) is 0 Å². The van der Waals surface area contributed by atoms with Gasteiger partial charge in [-0.3, -0.25) is 4.79 Å². The van der Waals surface area contributed by atoms with E-state index < -0.39 is 11.7 Å². The van der Waals surface area contributed by atoms with Crippen LogP contribution in [0.4, 0.5) is 4.79 Å². The van der Waals surface area contributed by atoms with Crippen LogP contribution in [0.5, 0.6) is 0 Å². The number of hydrogen-bond acceptors (Lipinski definition) is 5. The monoisotopic (exact) mass is 258 g/mol. The minimum atomic E-state index is -0.546. The van der Waals surface area contributed by atoms with Crippen molar-refractivity contribution in [2.75, 3.05) is 27.2 Å². The molecule has 1 fully saturated rings. The fourth-order valence-electron chi connectivity index (χ4n) is 2.00. The van der Waals surface area contributed by atoms with Gasteiger partial charge in [-0.1, -0.05) is 0 Å². The Morgan fingerprint density at radius 2 is 1.89 bits per heavy atom. The van der Waals surface area contributed by atoms with E-state index in [2.05, 4.69) is 5.32 Å². The molecule has 1 heterocycles. The van der Waals surface area contributed by atoms with Crippen LogP contribution >= 0.6 is 0 Å². The maximum atomic E-state index is 11.7. The molecule has 6 heteroatoms. The lowest BCUT2D eigenvalue weighted by Crippen LogP contribution is -2.45. The van der Waals surface area contributed by atoms with Gasteiger partial charge in [-0.25, -0.2) is 4.79 Å². The van der Waals surface area contributed by atoms with Crippen LogP contribution in [0.2, 0.25) is 0 Å². The smallest absolute Gasteiger partial charge is 0.407 e. The van der Waals surface area contributed by atoms with Gasteiger partial charge in [0.05, 0.1) is 19.1 Å². The predicted molar refractivity (Wildman–Crippen MR) is 66.2 cm³/mol. The van der Waals surface area contributed by atoms with E-state index in [1.54, 1.807) is 20.8 Å². The van der Waals surface area contributed by atoms with Crippen LogP contribution in [0, 0.1) is 5.92 Å². The topological polar surface area (TPSA) is 67.9 Å². The highest BCUT2D eigenvalue weighted by Crippen LogP contribution is 2.17. The first-order chi connectivity index (χ1) is 8.23. The molecule has 1 rings (SSSR count). The number of esters is 1. The molecule has 1 aliphatic heterocycles. The van der Waals surface area contributed by atoms with Crippen molar-refractivity contribution in [3.63, 3.8) is 0 Å². The van der Waals surface area contributed by atoms with Crippen molar-refractivity contribution in [2.24, 2.45) is 5.92 Å². The molecule has 0 aliphatic carbocycles. The normalized spacial score (nSPS) is 24.7. The van der Waals surface area contributed by atoms with Crippen LogP contribution < -0.4 is 5.32 Å². The molecule has 0 aromatic rings. The Hall–Kier alpha value is -1.30. The van der Waals surface area contributed by atoms with Crippen LogP contribution in [-0.4, -0.2) is 55.9 Å². The number of ether oxygens (including phenoxy) is 2. The highest BCUT2D eigenvalue weighted by molar-refractivity contribution is 5.76. The van der Waals surface area contributed by atoms with Gasteiger partial charge in [-0.2, -0.15) is 0 Å². The Morgan fingerprint density at radius 1 is 1.28 bits per heavy atom. The van der Waals surface area contributed by atoms with E-state index in [1.165, 1.54) is 7.11 Å². The number of likely N-dealkylation sites (N-methyl/N-ethyl adjacent to an activating group) is 1. The quantitative estimate of drug-likeness (QED) is 0.735. The summed E-state index contributed by atoms with van der Waals surface area (Å²) in [5.74, 6) is -0.645. The molecule has 1 saturated heterocycles. The fraction of sp³-hybridized carbons (Fsp3) is 0.833. The molecule has 1 N–H and O–H groups in total. The Morgan fingerprint density at radius 3 is 2.39 bits per heavy atom. The third kappa shape index (κ3) is 4.18. The molecule has 1 aliphatic rings. The number of nitrogens with zero attached hydrogens (tertiary/aromatic N) is 1. The van der Waals surface area contributed by atoms with Gasteiger partial charge in [0.1, 0.15) is 5.60 Å². The molecule has 6 nitrogen and oxygen atoms in total. The lowest BCUT2D eigenvalue weighted by atomic mass is 10.0. The van der Waals surface area contributed by atoms with Crippen molar-refractivity contribution in [3.8, 4) is 0 Å². The predicted octanol–water partition coefficient (Wildman–Crippen LogP) is 0.614. The highest BCUT2D eigenvalue weighted by Gasteiger charge is 2.38. The number of carbonyl (C=O) groups is 2. The third-order valence-electron chi connectivity index (χ3n) is 2.71. The summed E-state index contributed by atoms with van der Waals surface area (Å²) in [5.41, 5.74) is -0.546. The SMILES string of the molecule is COC(=O)[C@H]1CN(C)C[C@H]1NC(=O)OC(C)(C)C. The first kappa shape index (κ1) is 14.8. The molecule has 0 radical (unpaired) electrons. The largest absolute Gasteiger partial charge is 0.469 e. The summed E-state index contributed by atoms with van der Waals surface area (Å²) in [5, 5.41) is 2.73. The Bertz CT molecular complexity index is 325. The van der Waals surface area contributed by atoms with Gasteiger partial charge >= 0.3 is 12.1 Å². The van der Waals surface area contributed by atoms with Gasteiger partial charge in [0.2, 0.25) is 0 Å². The molecule has 0 bridgehead atoms. The molecule has 18 heavy (non-hydrogen) atoms. The Kier molecular flexibility index (Phi) is 4.56. The molecular weight excluding hydrogens is 236 g/mol. The van der Waals surface area contributed by atoms with Crippen LogP contribution in [0.1, 0.15) is 20.8 Å². The second-order valence-corrected chi connectivity index (χ2v) is 5.60. The number of methoxy groups -OCH3 is 1. The minimum absolute atomic E-state index is 0.266. The number of rotatable bonds is 2. The summed E-state index contributed by atoms with van der Waals surface area (Å²) < 4.78 is 9.91. The molecule has 104 valence electrons. The zero-order valence-corrected chi connectivity index (χ0v) is 11.6. The molecule has 0 aromatic heterocycles. The van der Waals surface area contributed by atoms with Gasteiger partial charge < -0.3 is 19.7 Å². The Balaban J connectivity index is 2.59. The zero-order chi connectivity index (χ0) is 13.9. The van der Waals surface area contributed by atoms with E-state index in [-0.39, 0.29) is 17.9 Å². The summed E-state index contributed by atoms with van der Waals surface area (Å²) in [6.07, 6.45) is -0.503. The molecule has 0 unspecified atom stereocenters. The number of hydrogen-bond donors (Lipinski definition) is 1. The average molecular weight is 258 g/mol. The lowest BCUT2D eigenvalue weighted by molar-refractivity contribution is -0.145. The first-order valence-corrected chi connectivity index (χ1v) is 5.99. The maximum absolute atomic E-state index is 11.7. The molecule has 0 aromatic carbocycles. The number of likely N-dealkylation sites (tertiary alicyclic amines) is 1. The van der Waals surface area contributed by atoms with Crippen molar-refractivity contribution >= 4 is 12.1 Å². The standard InChI is InChI=1S/C12H22N2O4/c1-12(2,3)18-11(16)13-9-7-14(4)6-8(9)10(15)17-5/h8-9H,6-7H2,1-5H3,(H,13,16)/t8-,9+/m0/s1. The summed E-state index contributed by atoms with van der Waals surface area (Å²) >= 11 is 0. The van der Waals surface area contributed by atoms with E-state index in [1.807, 2.05) is 11.9 Å². The zero-order valence-electron chi connectivity index (χ0n) is 11.6. The van der Waals surface area contributed by atoms with E-state index in [4.69, 9.17) is 9.47 Å². The van der Waals surface area contributed by atoms with Gasteiger partial charge in [-0.05, 0) is 27.8 Å². The number of nitrogens with one attached hydrogen (secondary N) is 1. The molecule has 0 spiro atoms. The van der Waals surface area contributed by atoms with Crippen LogP contribution in [0.25, 0.3) is 0 Å². The summed E-state index contributed by atoms with van der Waals surface area (Å²) in [4.78, 5) is 25.2. The summed E-state index contributed by atoms with van der Waals surface area (Å²) in [6, 6.07) is -0.266. The fourth-order valence-corrected chi connectivity index (χ4v) is 2.00. The second-order valence-electron chi connectivity index (χ2n) is 5.60. The van der Waals surface area contributed by atoms with Crippen LogP contribution in [0.15, 0.2) is 0 Å². The van der Waals surface area contributed by atoms with E-state index in [9.17, 15) is 9.59 Å². The van der Waals surface area contributed by atoms with Crippen molar-refractivity contribution in [2.45, 2.75) is 32.4 Å². The Labute approximate surface area is 108 Å². The van der Waals surface area contributed by atoms with E-state index in [0.29, 0.717) is 13.1 Å². The van der Waals surface area contributed by atoms with Crippen LogP contribution in [-0.2, 0) is 14.3 Å². The molecule has 1 amide bonds. The van der Waals surface area contributed by atoms with Crippen molar-refractivity contribution in [1.82, 2.24) is 10.2 Å². The summed E-state index contributed by atoms with van der Waals surface area (Å²) in [6.45, 7) is 6.58. The third-order valence-corrected chi connectivity index (χ3v) is 2.71. The minimum Gasteiger partial charge on any atom is -0.469 e. The van der Waals surface area contributed by atoms with Gasteiger partial charge in [0, 0.05) is 13.1 Å². The van der Waals surface area contributed by atoms with E-state index >= 15 is 0 Å². The first-order valence-electron chi connectivity index (χ1n) is 5.99. The molecule has 2 atom stereocenters. The summed E-state index contributed by atoms with van der Waals surface area (Å²) in [7, 11) is 3.25. The second kappa shape index (κ2) is 5.56. The molecule has 0 saturated carbocycles. The van der Waals surface area contributed by atoms with Crippen LogP contribution in [0.3, 0.4) is 0 Å². The number of carbonyl (C=O) groups excluding carboxylic acids is 2. The van der Waals surface area contributed by atoms with Crippen molar-refractivity contribution in [3.05, 3.63) is 0 Å². The van der Waals surface area contributed by atoms with E-state index in [0.717, 1.165) is 0 Å². The number of amides is 1. The van der Waals surface area contributed by atoms with Gasteiger partial charge in [0.15, 0.2) is 0 Å². The van der Waals surface area contributed by atoms with Crippen molar-refractivity contribution < 1.29 is 19.1 Å². The van der Waals surface area contributed by atoms with Gasteiger partial charge in [-0.15, -0.1) is 0 Å². The average Bonchev–Trinajstić information content (AvgIpc) is 2.55. The lowest BCUT2D eigenvalue weighted by Gasteiger charge is -2.23. The highest BCUT2D eigenvalue weighted by atomic mass is 16.6. The number of alkyl carbamates (subject to hydrolysis) is 1. The maximum Gasteiger partial charge on any atom is 0.407 e. The molecular formula is C12H22N2O4. The van der Waals surface area contributed by atoms with Gasteiger partial charge in [0.25, 0.3) is 0 Å².